The molecular formula is C14H17F3N2O3. The molecule has 0 radical (unpaired) electrons. The second kappa shape index (κ2) is 7.79. The van der Waals surface area contributed by atoms with Gasteiger partial charge in [-0.2, -0.15) is 13.2 Å². The lowest BCUT2D eigenvalue weighted by Crippen LogP contribution is -2.40. The van der Waals surface area contributed by atoms with Crippen LogP contribution >= 0.6 is 0 Å². The molecule has 1 atom stereocenters. The summed E-state index contributed by atoms with van der Waals surface area (Å²) >= 11 is 0. The van der Waals surface area contributed by atoms with E-state index in [9.17, 15) is 22.8 Å². The molecule has 0 fully saturated rings. The molecule has 0 spiro atoms. The van der Waals surface area contributed by atoms with Gasteiger partial charge in [0, 0.05) is 18.3 Å². The highest BCUT2D eigenvalue weighted by molar-refractivity contribution is 6.39. The van der Waals surface area contributed by atoms with Gasteiger partial charge in [0.1, 0.15) is 0 Å². The third kappa shape index (κ3) is 6.57. The lowest BCUT2D eigenvalue weighted by atomic mass is 10.1. The summed E-state index contributed by atoms with van der Waals surface area (Å²) in [5, 5.41) is 13.3. The average Bonchev–Trinajstić information content (AvgIpc) is 2.37. The molecule has 0 aliphatic heterocycles. The summed E-state index contributed by atoms with van der Waals surface area (Å²) in [5.74, 6) is -1.89. The maximum absolute atomic E-state index is 12.3. The van der Waals surface area contributed by atoms with E-state index in [0.29, 0.717) is 6.42 Å². The number of aliphatic hydroxyl groups is 1. The number of nitrogens with one attached hydrogen (secondary N) is 2. The summed E-state index contributed by atoms with van der Waals surface area (Å²) in [6, 6.07) is 4.81. The molecule has 0 aromatic heterocycles. The molecule has 0 saturated carbocycles. The average molecular weight is 318 g/mol. The number of rotatable bonds is 5. The highest BCUT2D eigenvalue weighted by Crippen LogP contribution is 2.22. The number of anilines is 1. The van der Waals surface area contributed by atoms with E-state index in [1.165, 1.54) is 18.2 Å². The Labute approximate surface area is 125 Å². The van der Waals surface area contributed by atoms with Gasteiger partial charge in [0.05, 0.1) is 6.42 Å². The van der Waals surface area contributed by atoms with Crippen molar-refractivity contribution >= 4 is 17.5 Å². The van der Waals surface area contributed by atoms with Gasteiger partial charge in [-0.1, -0.05) is 12.1 Å². The number of hydrogen-bond acceptors (Lipinski definition) is 3. The largest absolute Gasteiger partial charge is 0.396 e. The Hall–Kier alpha value is -2.09. The Morgan fingerprint density at radius 1 is 1.27 bits per heavy atom. The Morgan fingerprint density at radius 3 is 2.55 bits per heavy atom. The van der Waals surface area contributed by atoms with E-state index in [0.717, 1.165) is 6.07 Å². The molecule has 0 bridgehead atoms. The zero-order valence-corrected chi connectivity index (χ0v) is 11.9. The smallest absolute Gasteiger partial charge is 0.393 e. The molecule has 2 amide bonds. The van der Waals surface area contributed by atoms with Crippen molar-refractivity contribution in [3.05, 3.63) is 29.8 Å². The topological polar surface area (TPSA) is 78.4 Å². The van der Waals surface area contributed by atoms with Crippen molar-refractivity contribution in [2.24, 2.45) is 0 Å². The van der Waals surface area contributed by atoms with Gasteiger partial charge in [0.2, 0.25) is 0 Å². The quantitative estimate of drug-likeness (QED) is 0.722. The van der Waals surface area contributed by atoms with Gasteiger partial charge in [0.25, 0.3) is 0 Å². The number of aliphatic hydroxyl groups excluding tert-OH is 1. The molecule has 0 aliphatic carbocycles. The number of halogens is 3. The summed E-state index contributed by atoms with van der Waals surface area (Å²) in [5.41, 5.74) is 0.0936. The third-order valence-electron chi connectivity index (χ3n) is 2.74. The first-order valence-electron chi connectivity index (χ1n) is 6.59. The van der Waals surface area contributed by atoms with Crippen LogP contribution in [0, 0.1) is 0 Å². The molecular weight excluding hydrogens is 301 g/mol. The fraction of sp³-hybridized carbons (Fsp3) is 0.429. The van der Waals surface area contributed by atoms with E-state index in [1.807, 2.05) is 0 Å². The number of amides is 2. The molecule has 0 aliphatic rings. The molecule has 3 N–H and O–H groups in total. The molecule has 0 unspecified atom stereocenters. The Balaban J connectivity index is 2.64. The fourth-order valence-electron chi connectivity index (χ4n) is 1.73. The van der Waals surface area contributed by atoms with Gasteiger partial charge in [-0.3, -0.25) is 9.59 Å². The van der Waals surface area contributed by atoms with Gasteiger partial charge in [-0.05, 0) is 31.0 Å². The third-order valence-corrected chi connectivity index (χ3v) is 2.74. The van der Waals surface area contributed by atoms with Crippen LogP contribution in [0.3, 0.4) is 0 Å². The van der Waals surface area contributed by atoms with Crippen LogP contribution < -0.4 is 10.6 Å². The first-order chi connectivity index (χ1) is 10.2. The Morgan fingerprint density at radius 2 is 1.95 bits per heavy atom. The minimum Gasteiger partial charge on any atom is -0.396 e. The van der Waals surface area contributed by atoms with Crippen LogP contribution in [0.15, 0.2) is 24.3 Å². The Kier molecular flexibility index (Phi) is 6.36. The molecule has 1 aromatic carbocycles. The summed E-state index contributed by atoms with van der Waals surface area (Å²) in [6.45, 7) is 1.48. The summed E-state index contributed by atoms with van der Waals surface area (Å²) in [7, 11) is 0. The minimum atomic E-state index is -4.35. The van der Waals surface area contributed by atoms with Crippen LogP contribution in [0.25, 0.3) is 0 Å². The Bertz CT molecular complexity index is 532. The minimum absolute atomic E-state index is 0.0145. The van der Waals surface area contributed by atoms with Crippen LogP contribution in [-0.4, -0.2) is 35.7 Å². The normalized spacial score (nSPS) is 12.6. The van der Waals surface area contributed by atoms with E-state index < -0.39 is 24.4 Å². The maximum Gasteiger partial charge on any atom is 0.393 e. The monoisotopic (exact) mass is 318 g/mol. The standard InChI is InChI=1S/C14H17F3N2O3/c1-9(5-6-20)18-12(21)13(22)19-11-4-2-3-10(7-11)8-14(15,16)17/h2-4,7,9,20H,5-6,8H2,1H3,(H,18,21)(H,19,22)/t9-/m1/s1. The number of carbonyl (C=O) groups is 2. The molecule has 22 heavy (non-hydrogen) atoms. The lowest BCUT2D eigenvalue weighted by molar-refractivity contribution is -0.136. The maximum atomic E-state index is 12.3. The van der Waals surface area contributed by atoms with Gasteiger partial charge < -0.3 is 15.7 Å². The SMILES string of the molecule is C[C@H](CCO)NC(=O)C(=O)Nc1cccc(CC(F)(F)F)c1. The molecule has 5 nitrogen and oxygen atoms in total. The number of hydrogen-bond donors (Lipinski definition) is 3. The van der Waals surface area contributed by atoms with Gasteiger partial charge >= 0.3 is 18.0 Å². The van der Waals surface area contributed by atoms with Gasteiger partial charge in [-0.15, -0.1) is 0 Å². The predicted octanol–water partition coefficient (Wildman–Crippen LogP) is 1.62. The van der Waals surface area contributed by atoms with E-state index in [4.69, 9.17) is 5.11 Å². The second-order valence-corrected chi connectivity index (χ2v) is 4.83. The van der Waals surface area contributed by atoms with E-state index in [1.54, 1.807) is 6.92 Å². The molecule has 0 heterocycles. The molecule has 1 rings (SSSR count). The van der Waals surface area contributed by atoms with E-state index >= 15 is 0 Å². The van der Waals surface area contributed by atoms with Crippen molar-refractivity contribution in [2.45, 2.75) is 32.0 Å². The van der Waals surface area contributed by atoms with Crippen LogP contribution in [0.4, 0.5) is 18.9 Å². The number of benzene rings is 1. The molecule has 8 heteroatoms. The van der Waals surface area contributed by atoms with Crippen LogP contribution in [-0.2, 0) is 16.0 Å². The van der Waals surface area contributed by atoms with Crippen molar-refractivity contribution in [3.8, 4) is 0 Å². The van der Waals surface area contributed by atoms with E-state index in [-0.39, 0.29) is 23.9 Å². The zero-order chi connectivity index (χ0) is 16.8. The predicted molar refractivity (Wildman–Crippen MR) is 74.1 cm³/mol. The van der Waals surface area contributed by atoms with E-state index in [2.05, 4.69) is 10.6 Å². The van der Waals surface area contributed by atoms with Crippen LogP contribution in [0.2, 0.25) is 0 Å². The highest BCUT2D eigenvalue weighted by atomic mass is 19.4. The van der Waals surface area contributed by atoms with Crippen molar-refractivity contribution in [3.63, 3.8) is 0 Å². The summed E-state index contributed by atoms with van der Waals surface area (Å²) in [6.07, 6.45) is -5.17. The van der Waals surface area contributed by atoms with Gasteiger partial charge in [-0.25, -0.2) is 0 Å². The van der Waals surface area contributed by atoms with Crippen LogP contribution in [0.1, 0.15) is 18.9 Å². The number of carbonyl (C=O) groups excluding carboxylic acids is 2. The van der Waals surface area contributed by atoms with Crippen molar-refractivity contribution < 1.29 is 27.9 Å². The first-order valence-corrected chi connectivity index (χ1v) is 6.59. The highest BCUT2D eigenvalue weighted by Gasteiger charge is 2.27. The summed E-state index contributed by atoms with van der Waals surface area (Å²) < 4.78 is 36.9. The first kappa shape index (κ1) is 18.0. The lowest BCUT2D eigenvalue weighted by Gasteiger charge is -2.13. The van der Waals surface area contributed by atoms with Crippen molar-refractivity contribution in [1.82, 2.24) is 5.32 Å². The second-order valence-electron chi connectivity index (χ2n) is 4.83. The summed E-state index contributed by atoms with van der Waals surface area (Å²) in [4.78, 5) is 23.2. The molecule has 122 valence electrons. The van der Waals surface area contributed by atoms with Crippen molar-refractivity contribution in [2.75, 3.05) is 11.9 Å². The molecule has 0 saturated heterocycles. The molecule has 1 aromatic rings. The van der Waals surface area contributed by atoms with Crippen LogP contribution in [0.5, 0.6) is 0 Å². The van der Waals surface area contributed by atoms with Crippen molar-refractivity contribution in [1.29, 1.82) is 0 Å². The zero-order valence-electron chi connectivity index (χ0n) is 11.9. The number of alkyl halides is 3. The fourth-order valence-corrected chi connectivity index (χ4v) is 1.73. The van der Waals surface area contributed by atoms with Gasteiger partial charge in [0.15, 0.2) is 0 Å².